The van der Waals surface area contributed by atoms with Crippen molar-refractivity contribution in [2.24, 2.45) is 5.92 Å². The number of methoxy groups -OCH3 is 2. The van der Waals surface area contributed by atoms with Crippen LogP contribution in [0, 0.1) is 5.92 Å². The topological polar surface area (TPSA) is 112 Å². The zero-order valence-electron chi connectivity index (χ0n) is 16.7. The Kier molecular flexibility index (Phi) is 6.78. The van der Waals surface area contributed by atoms with Crippen molar-refractivity contribution in [2.75, 3.05) is 27.3 Å². The number of carbonyl (C=O) groups is 2. The van der Waals surface area contributed by atoms with Crippen LogP contribution in [0.1, 0.15) is 29.0 Å². The molecule has 9 nitrogen and oxygen atoms in total. The molecule has 1 aliphatic heterocycles. The maximum absolute atomic E-state index is 12.8. The molecule has 1 fully saturated rings. The second-order valence-corrected chi connectivity index (χ2v) is 8.67. The maximum Gasteiger partial charge on any atom is 0.374 e. The first-order valence-electron chi connectivity index (χ1n) is 9.32. The first-order chi connectivity index (χ1) is 14.4. The number of rotatable bonds is 7. The number of ether oxygens (including phenoxy) is 3. The number of hydrogen-bond acceptors (Lipinski definition) is 8. The van der Waals surface area contributed by atoms with E-state index in [-0.39, 0.29) is 30.4 Å². The molecule has 3 rings (SSSR count). The first-order valence-corrected chi connectivity index (χ1v) is 10.8. The summed E-state index contributed by atoms with van der Waals surface area (Å²) in [6, 6.07) is 7.71. The van der Waals surface area contributed by atoms with Crippen LogP contribution in [0.2, 0.25) is 0 Å². The zero-order valence-corrected chi connectivity index (χ0v) is 17.5. The van der Waals surface area contributed by atoms with Crippen molar-refractivity contribution in [3.8, 4) is 5.75 Å². The molecule has 1 saturated heterocycles. The molecule has 1 aliphatic rings. The van der Waals surface area contributed by atoms with Gasteiger partial charge in [0.2, 0.25) is 15.8 Å². The molecular weight excluding hydrogens is 414 g/mol. The summed E-state index contributed by atoms with van der Waals surface area (Å²) >= 11 is 0. The van der Waals surface area contributed by atoms with Crippen molar-refractivity contribution >= 4 is 22.0 Å². The van der Waals surface area contributed by atoms with Crippen molar-refractivity contribution in [1.82, 2.24) is 4.31 Å². The van der Waals surface area contributed by atoms with Crippen LogP contribution in [0.15, 0.2) is 45.9 Å². The Morgan fingerprint density at radius 3 is 2.37 bits per heavy atom. The molecule has 162 valence electrons. The number of esters is 2. The summed E-state index contributed by atoms with van der Waals surface area (Å²) in [6.07, 6.45) is 2.02. The van der Waals surface area contributed by atoms with Gasteiger partial charge in [-0.1, -0.05) is 0 Å². The van der Waals surface area contributed by atoms with Crippen molar-refractivity contribution in [3.05, 3.63) is 47.9 Å². The van der Waals surface area contributed by atoms with Gasteiger partial charge in [-0.25, -0.2) is 13.2 Å². The lowest BCUT2D eigenvalue weighted by Gasteiger charge is -2.30. The second kappa shape index (κ2) is 9.31. The van der Waals surface area contributed by atoms with E-state index in [4.69, 9.17) is 13.9 Å². The predicted molar refractivity (Wildman–Crippen MR) is 104 cm³/mol. The largest absolute Gasteiger partial charge is 0.497 e. The van der Waals surface area contributed by atoms with Crippen molar-refractivity contribution in [2.45, 2.75) is 24.3 Å². The van der Waals surface area contributed by atoms with Crippen LogP contribution in [0.3, 0.4) is 0 Å². The summed E-state index contributed by atoms with van der Waals surface area (Å²) in [4.78, 5) is 24.2. The number of piperidine rings is 1. The lowest BCUT2D eigenvalue weighted by atomic mass is 9.98. The van der Waals surface area contributed by atoms with Gasteiger partial charge in [0.25, 0.3) is 0 Å². The number of sulfonamides is 1. The third kappa shape index (κ3) is 4.65. The van der Waals surface area contributed by atoms with E-state index in [9.17, 15) is 18.0 Å². The fourth-order valence-electron chi connectivity index (χ4n) is 3.22. The van der Waals surface area contributed by atoms with Crippen LogP contribution in [-0.2, 0) is 30.9 Å². The average Bonchev–Trinajstić information content (AvgIpc) is 3.25. The maximum atomic E-state index is 12.8. The standard InChI is InChI=1S/C20H23NO8S/c1-26-16-3-5-17(6-4-16)30(24,25)21-10-7-14(8-11-21)19(22)29-13-15-9-12-28-18(15)20(23)27-2/h3-6,9,12,14H,7-8,10-11,13H2,1-2H3. The van der Waals surface area contributed by atoms with E-state index in [1.54, 1.807) is 12.1 Å². The van der Waals surface area contributed by atoms with E-state index in [0.29, 0.717) is 24.2 Å². The van der Waals surface area contributed by atoms with Gasteiger partial charge in [-0.15, -0.1) is 0 Å². The van der Waals surface area contributed by atoms with E-state index >= 15 is 0 Å². The highest BCUT2D eigenvalue weighted by molar-refractivity contribution is 7.89. The highest BCUT2D eigenvalue weighted by atomic mass is 32.2. The number of carbonyl (C=O) groups excluding carboxylic acids is 2. The van der Waals surface area contributed by atoms with Gasteiger partial charge in [-0.05, 0) is 43.2 Å². The minimum absolute atomic E-state index is 0.00861. The van der Waals surface area contributed by atoms with Gasteiger partial charge in [-0.3, -0.25) is 4.79 Å². The molecule has 0 amide bonds. The summed E-state index contributed by atoms with van der Waals surface area (Å²) in [6.45, 7) is 0.310. The molecule has 0 N–H and O–H groups in total. The molecule has 0 radical (unpaired) electrons. The molecule has 0 unspecified atom stereocenters. The molecule has 1 aromatic carbocycles. The SMILES string of the molecule is COC(=O)c1occc1COC(=O)C1CCN(S(=O)(=O)c2ccc(OC)cc2)CC1. The van der Waals surface area contributed by atoms with E-state index in [0.717, 1.165) is 0 Å². The van der Waals surface area contributed by atoms with Crippen LogP contribution in [0.5, 0.6) is 5.75 Å². The summed E-state index contributed by atoms with van der Waals surface area (Å²) in [5, 5.41) is 0. The number of furan rings is 1. The normalized spacial score (nSPS) is 15.5. The minimum atomic E-state index is -3.64. The molecule has 0 spiro atoms. The van der Waals surface area contributed by atoms with Gasteiger partial charge >= 0.3 is 11.9 Å². The molecule has 2 aromatic rings. The Morgan fingerprint density at radius 2 is 1.77 bits per heavy atom. The Bertz CT molecular complexity index is 988. The van der Waals surface area contributed by atoms with Crippen LogP contribution in [0.4, 0.5) is 0 Å². The fourth-order valence-corrected chi connectivity index (χ4v) is 4.69. The quantitative estimate of drug-likeness (QED) is 0.606. The number of nitrogens with zero attached hydrogens (tertiary/aromatic N) is 1. The van der Waals surface area contributed by atoms with Gasteiger partial charge < -0.3 is 18.6 Å². The Morgan fingerprint density at radius 1 is 1.10 bits per heavy atom. The lowest BCUT2D eigenvalue weighted by molar-refractivity contribution is -0.151. The summed E-state index contributed by atoms with van der Waals surface area (Å²) in [5.41, 5.74) is 0.412. The predicted octanol–water partition coefficient (Wildman–Crippen LogP) is 2.22. The molecule has 30 heavy (non-hydrogen) atoms. The third-order valence-corrected chi connectivity index (χ3v) is 6.88. The van der Waals surface area contributed by atoms with Gasteiger partial charge in [-0.2, -0.15) is 4.31 Å². The van der Waals surface area contributed by atoms with Crippen molar-refractivity contribution < 1.29 is 36.6 Å². The van der Waals surface area contributed by atoms with E-state index < -0.39 is 27.9 Å². The van der Waals surface area contributed by atoms with Crippen LogP contribution in [0.25, 0.3) is 0 Å². The summed E-state index contributed by atoms with van der Waals surface area (Å²) in [5.74, 6) is -0.938. The molecular formula is C20H23NO8S. The molecule has 2 heterocycles. The van der Waals surface area contributed by atoms with Crippen LogP contribution in [-0.4, -0.2) is 52.0 Å². The Hall–Kier alpha value is -2.85. The van der Waals surface area contributed by atoms with Gasteiger partial charge in [0.05, 0.1) is 31.3 Å². The van der Waals surface area contributed by atoms with E-state index in [2.05, 4.69) is 4.74 Å². The van der Waals surface area contributed by atoms with Crippen molar-refractivity contribution in [1.29, 1.82) is 0 Å². The third-order valence-electron chi connectivity index (χ3n) is 4.97. The highest BCUT2D eigenvalue weighted by Crippen LogP contribution is 2.26. The zero-order chi connectivity index (χ0) is 21.7. The van der Waals surface area contributed by atoms with Gasteiger partial charge in [0, 0.05) is 18.7 Å². The van der Waals surface area contributed by atoms with Crippen molar-refractivity contribution in [3.63, 3.8) is 0 Å². The summed E-state index contributed by atoms with van der Waals surface area (Å²) < 4.78 is 47.0. The molecule has 0 aliphatic carbocycles. The molecule has 0 saturated carbocycles. The second-order valence-electron chi connectivity index (χ2n) is 6.73. The number of benzene rings is 1. The monoisotopic (exact) mass is 437 g/mol. The number of hydrogen-bond donors (Lipinski definition) is 0. The van der Waals surface area contributed by atoms with E-state index in [1.165, 1.54) is 43.0 Å². The minimum Gasteiger partial charge on any atom is -0.497 e. The molecule has 0 atom stereocenters. The van der Waals surface area contributed by atoms with Crippen LogP contribution >= 0.6 is 0 Å². The lowest BCUT2D eigenvalue weighted by Crippen LogP contribution is -2.40. The van der Waals surface area contributed by atoms with Crippen LogP contribution < -0.4 is 4.74 Å². The average molecular weight is 437 g/mol. The van der Waals surface area contributed by atoms with Gasteiger partial charge in [0.15, 0.2) is 0 Å². The molecule has 10 heteroatoms. The fraction of sp³-hybridized carbons (Fsp3) is 0.400. The van der Waals surface area contributed by atoms with Gasteiger partial charge in [0.1, 0.15) is 12.4 Å². The Labute approximate surface area is 174 Å². The summed E-state index contributed by atoms with van der Waals surface area (Å²) in [7, 11) is -0.899. The highest BCUT2D eigenvalue weighted by Gasteiger charge is 2.33. The smallest absolute Gasteiger partial charge is 0.374 e. The molecule has 0 bridgehead atoms. The Balaban J connectivity index is 1.55. The first kappa shape index (κ1) is 21.8. The molecule has 1 aromatic heterocycles. The van der Waals surface area contributed by atoms with E-state index in [1.807, 2.05) is 0 Å².